The lowest BCUT2D eigenvalue weighted by Crippen LogP contribution is -2.61. The van der Waals surface area contributed by atoms with Crippen LogP contribution in [0.25, 0.3) is 0 Å². The highest BCUT2D eigenvalue weighted by Crippen LogP contribution is 2.36. The number of pyridine rings is 1. The molecule has 2 aromatic heterocycles. The summed E-state index contributed by atoms with van der Waals surface area (Å²) in [5.74, 6) is -0.971. The van der Waals surface area contributed by atoms with Crippen LogP contribution >= 0.6 is 0 Å². The smallest absolute Gasteiger partial charge is 0.272 e. The van der Waals surface area contributed by atoms with Gasteiger partial charge in [0.05, 0.1) is 31.0 Å². The number of halogens is 2. The lowest BCUT2D eigenvalue weighted by molar-refractivity contribution is -0.148. The summed E-state index contributed by atoms with van der Waals surface area (Å²) in [6.45, 7) is 7.64. The molecule has 180 valence electrons. The van der Waals surface area contributed by atoms with Gasteiger partial charge in [-0.25, -0.2) is 13.8 Å². The number of hydrogen-bond donors (Lipinski definition) is 2. The normalized spacial score (nSPS) is 20.6. The minimum absolute atomic E-state index is 0.106. The number of piperidine rings is 1. The van der Waals surface area contributed by atoms with Gasteiger partial charge in [0.1, 0.15) is 11.6 Å². The summed E-state index contributed by atoms with van der Waals surface area (Å²) >= 11 is 0. The Morgan fingerprint density at radius 2 is 1.82 bits per heavy atom. The van der Waals surface area contributed by atoms with Gasteiger partial charge in [-0.05, 0) is 44.2 Å². The molecule has 0 atom stereocenters. The summed E-state index contributed by atoms with van der Waals surface area (Å²) < 4.78 is 28.4. The second kappa shape index (κ2) is 9.75. The number of aromatic nitrogens is 3. The molecule has 0 aromatic carbocycles. The van der Waals surface area contributed by atoms with E-state index in [2.05, 4.69) is 29.2 Å². The van der Waals surface area contributed by atoms with E-state index in [1.54, 1.807) is 6.20 Å². The molecule has 0 radical (unpaired) electrons. The summed E-state index contributed by atoms with van der Waals surface area (Å²) in [5, 5.41) is 15.5. The van der Waals surface area contributed by atoms with Crippen molar-refractivity contribution in [1.29, 1.82) is 5.41 Å². The first-order chi connectivity index (χ1) is 15.8. The predicted octanol–water partition coefficient (Wildman–Crippen LogP) is 5.00. The first-order valence-corrected chi connectivity index (χ1v) is 12.0. The summed E-state index contributed by atoms with van der Waals surface area (Å²) in [5.41, 5.74) is 2.61. The molecule has 7 nitrogen and oxygen atoms in total. The predicted molar refractivity (Wildman–Crippen MR) is 128 cm³/mol. The van der Waals surface area contributed by atoms with Crippen LogP contribution in [0, 0.1) is 12.3 Å². The highest BCUT2D eigenvalue weighted by atomic mass is 19.3. The van der Waals surface area contributed by atoms with Gasteiger partial charge in [0, 0.05) is 37.1 Å². The standard InChI is InChI=1S/C21H27F2N7.C3H8/c1-14-8-15(9-24)19(26-16-10-25-30(11-16)18-2-3-18)27-20(14)28-6-4-17(5-7-28)29-12-21(22,23)13-29;1-3-2/h8-11,17-18,24H,2-7,12-13H2,1H3,(H,26,27);3H2,1-2H3. The van der Waals surface area contributed by atoms with Gasteiger partial charge in [-0.3, -0.25) is 9.58 Å². The molecular formula is C24H35F2N7. The van der Waals surface area contributed by atoms with Crippen LogP contribution in [0.15, 0.2) is 18.5 Å². The highest BCUT2D eigenvalue weighted by molar-refractivity contribution is 5.87. The van der Waals surface area contributed by atoms with Gasteiger partial charge >= 0.3 is 0 Å². The Bertz CT molecular complexity index is 954. The van der Waals surface area contributed by atoms with E-state index in [1.807, 2.05) is 28.8 Å². The highest BCUT2D eigenvalue weighted by Gasteiger charge is 2.47. The number of anilines is 3. The molecule has 2 aliphatic heterocycles. The molecule has 3 fully saturated rings. The molecule has 0 unspecified atom stereocenters. The number of aryl methyl sites for hydroxylation is 1. The van der Waals surface area contributed by atoms with Gasteiger partial charge in [-0.15, -0.1) is 0 Å². The van der Waals surface area contributed by atoms with E-state index in [0.29, 0.717) is 11.9 Å². The molecular weight excluding hydrogens is 424 g/mol. The number of alkyl halides is 2. The maximum atomic E-state index is 13.2. The fraction of sp³-hybridized carbons (Fsp3) is 0.625. The van der Waals surface area contributed by atoms with E-state index in [9.17, 15) is 8.78 Å². The molecule has 1 aliphatic carbocycles. The Morgan fingerprint density at radius 1 is 1.15 bits per heavy atom. The second-order valence-corrected chi connectivity index (χ2v) is 9.46. The van der Waals surface area contributed by atoms with Gasteiger partial charge in [-0.1, -0.05) is 20.3 Å². The van der Waals surface area contributed by atoms with Gasteiger partial charge in [-0.2, -0.15) is 5.10 Å². The fourth-order valence-corrected chi connectivity index (χ4v) is 4.48. The van der Waals surface area contributed by atoms with Crippen molar-refractivity contribution in [2.75, 3.05) is 36.4 Å². The van der Waals surface area contributed by atoms with Gasteiger partial charge in [0.25, 0.3) is 5.92 Å². The van der Waals surface area contributed by atoms with Crippen molar-refractivity contribution in [1.82, 2.24) is 19.7 Å². The van der Waals surface area contributed by atoms with Gasteiger partial charge < -0.3 is 15.6 Å². The number of hydrogen-bond acceptors (Lipinski definition) is 6. The zero-order valence-corrected chi connectivity index (χ0v) is 19.8. The SMILES string of the molecule is CCC.Cc1cc(C=N)c(Nc2cnn(C3CC3)c2)nc1N1CCC(N2CC(F)(F)C2)CC1. The molecule has 0 spiro atoms. The van der Waals surface area contributed by atoms with Crippen LogP contribution < -0.4 is 10.2 Å². The topological polar surface area (TPSA) is 73.1 Å². The minimum Gasteiger partial charge on any atom is -0.356 e. The number of rotatable bonds is 6. The maximum absolute atomic E-state index is 13.2. The van der Waals surface area contributed by atoms with Crippen molar-refractivity contribution in [3.05, 3.63) is 29.6 Å². The third kappa shape index (κ3) is 5.51. The van der Waals surface area contributed by atoms with Crippen LogP contribution in [0.4, 0.5) is 26.1 Å². The number of nitrogens with zero attached hydrogens (tertiary/aromatic N) is 5. The largest absolute Gasteiger partial charge is 0.356 e. The van der Waals surface area contributed by atoms with Crippen molar-refractivity contribution in [2.24, 2.45) is 0 Å². The fourth-order valence-electron chi connectivity index (χ4n) is 4.48. The van der Waals surface area contributed by atoms with Crippen LogP contribution in [0.2, 0.25) is 0 Å². The van der Waals surface area contributed by atoms with E-state index in [-0.39, 0.29) is 19.1 Å². The summed E-state index contributed by atoms with van der Waals surface area (Å²) in [6, 6.07) is 2.72. The van der Waals surface area contributed by atoms with E-state index < -0.39 is 5.92 Å². The molecule has 0 amide bonds. The first kappa shape index (κ1) is 23.6. The van der Waals surface area contributed by atoms with Crippen molar-refractivity contribution < 1.29 is 8.78 Å². The lowest BCUT2D eigenvalue weighted by Gasteiger charge is -2.47. The molecule has 9 heteroatoms. The Hall–Kier alpha value is -2.55. The Balaban J connectivity index is 0.000000821. The van der Waals surface area contributed by atoms with E-state index in [0.717, 1.165) is 48.6 Å². The molecule has 3 aliphatic rings. The molecule has 2 aromatic rings. The molecule has 2 saturated heterocycles. The zero-order chi connectivity index (χ0) is 23.6. The molecule has 0 bridgehead atoms. The first-order valence-electron chi connectivity index (χ1n) is 12.0. The summed E-state index contributed by atoms with van der Waals surface area (Å²) in [6.07, 6.45) is 10.4. The molecule has 5 rings (SSSR count). The van der Waals surface area contributed by atoms with Crippen molar-refractivity contribution in [3.63, 3.8) is 0 Å². The third-order valence-electron chi connectivity index (χ3n) is 6.31. The van der Waals surface area contributed by atoms with Crippen LogP contribution in [0.5, 0.6) is 0 Å². The van der Waals surface area contributed by atoms with Crippen LogP contribution in [-0.2, 0) is 0 Å². The summed E-state index contributed by atoms with van der Waals surface area (Å²) in [7, 11) is 0. The van der Waals surface area contributed by atoms with Crippen molar-refractivity contribution in [2.45, 2.75) is 70.9 Å². The van der Waals surface area contributed by atoms with Crippen molar-refractivity contribution >= 4 is 23.5 Å². The Kier molecular flexibility index (Phi) is 6.97. The average Bonchev–Trinajstić information content (AvgIpc) is 3.52. The van der Waals surface area contributed by atoms with E-state index in [4.69, 9.17) is 10.4 Å². The molecule has 1 saturated carbocycles. The van der Waals surface area contributed by atoms with E-state index in [1.165, 1.54) is 25.5 Å². The average molecular weight is 460 g/mol. The number of nitrogens with one attached hydrogen (secondary N) is 2. The quantitative estimate of drug-likeness (QED) is 0.595. The van der Waals surface area contributed by atoms with Crippen molar-refractivity contribution in [3.8, 4) is 0 Å². The third-order valence-corrected chi connectivity index (χ3v) is 6.31. The van der Waals surface area contributed by atoms with Gasteiger partial charge in [0.15, 0.2) is 0 Å². The monoisotopic (exact) mass is 459 g/mol. The Labute approximate surface area is 194 Å². The van der Waals surface area contributed by atoms with Crippen LogP contribution in [-0.4, -0.2) is 64.0 Å². The minimum atomic E-state index is -2.51. The number of likely N-dealkylation sites (tertiary alicyclic amines) is 1. The molecule has 4 heterocycles. The maximum Gasteiger partial charge on any atom is 0.272 e. The van der Waals surface area contributed by atoms with Crippen LogP contribution in [0.3, 0.4) is 0 Å². The Morgan fingerprint density at radius 3 is 2.39 bits per heavy atom. The van der Waals surface area contributed by atoms with Crippen LogP contribution in [0.1, 0.15) is 63.1 Å². The summed E-state index contributed by atoms with van der Waals surface area (Å²) in [4.78, 5) is 8.99. The molecule has 2 N–H and O–H groups in total. The lowest BCUT2D eigenvalue weighted by atomic mass is 9.98. The molecule has 33 heavy (non-hydrogen) atoms. The van der Waals surface area contributed by atoms with E-state index >= 15 is 0 Å². The van der Waals surface area contributed by atoms with Gasteiger partial charge in [0.2, 0.25) is 0 Å². The zero-order valence-electron chi connectivity index (χ0n) is 19.8. The second-order valence-electron chi connectivity index (χ2n) is 9.46.